The minimum absolute atomic E-state index is 0.0181. The fraction of sp³-hybridized carbons (Fsp3) is 0.607. The van der Waals surface area contributed by atoms with Crippen LogP contribution in [-0.2, 0) is 47.7 Å². The molecule has 19 nitrogen and oxygen atoms in total. The SMILES string of the molecule is CO[C@@H]1C[C@H](/C=C(\C)[C@H]2OC(=O)[C@@H]3CCCCN3C(=O)C(=O)[C@]3(O)O[C@H]([C@@H](C=O)C[C@@H](C)C/C(C)=C/[C@@H](CCOC(=O)NCCNc4ccc5sc(-c6ccc(N(C)C)cc6)nc5c4)C(=O)C[C@H](O)[C@H]2C)[C@@H](C=O)C[C@H]3C)CC[C@H]1O. The lowest BCUT2D eigenvalue weighted by molar-refractivity contribution is -0.278. The van der Waals surface area contributed by atoms with E-state index in [9.17, 15) is 48.9 Å². The number of alkyl carbamates (subject to hydrolysis) is 1. The van der Waals surface area contributed by atoms with Crippen LogP contribution in [-0.4, -0.2) is 157 Å². The van der Waals surface area contributed by atoms with E-state index in [0.717, 1.165) is 42.6 Å². The number of carbonyl (C=O) groups excluding carboxylic acids is 7. The van der Waals surface area contributed by atoms with Gasteiger partial charge in [0.25, 0.3) is 11.7 Å². The second kappa shape index (κ2) is 28.4. The van der Waals surface area contributed by atoms with Crippen LogP contribution in [0.4, 0.5) is 16.2 Å². The summed E-state index contributed by atoms with van der Waals surface area (Å²) < 4.78 is 24.6. The molecule has 1 aliphatic carbocycles. The first-order valence-corrected chi connectivity index (χ1v) is 29.4. The number of carbonyl (C=O) groups is 7. The number of hydrogen-bond donors (Lipinski definition) is 5. The number of aldehydes is 2. The van der Waals surface area contributed by atoms with E-state index in [0.29, 0.717) is 63.2 Å². The van der Waals surface area contributed by atoms with Gasteiger partial charge in [-0.15, -0.1) is 11.3 Å². The Hall–Kier alpha value is -5.90. The number of nitrogens with zero attached hydrogens (tertiary/aromatic N) is 3. The highest BCUT2D eigenvalue weighted by Crippen LogP contribution is 2.41. The molecule has 0 spiro atoms. The van der Waals surface area contributed by atoms with Crippen molar-refractivity contribution < 1.29 is 67.8 Å². The number of esters is 1. The number of thiazole rings is 1. The Labute approximate surface area is 479 Å². The number of cyclic esters (lactones) is 1. The molecule has 20 heteroatoms. The van der Waals surface area contributed by atoms with Crippen LogP contribution in [0.2, 0.25) is 0 Å². The third-order valence-corrected chi connectivity index (χ3v) is 17.9. The van der Waals surface area contributed by atoms with Gasteiger partial charge in [-0.05, 0) is 138 Å². The van der Waals surface area contributed by atoms with Crippen LogP contribution >= 0.6 is 11.3 Å². The van der Waals surface area contributed by atoms with E-state index < -0.39 is 95.7 Å². The third kappa shape index (κ3) is 15.6. The molecule has 2 aromatic carbocycles. The van der Waals surface area contributed by atoms with Crippen molar-refractivity contribution in [3.05, 3.63) is 65.8 Å². The van der Waals surface area contributed by atoms with Crippen LogP contribution in [0.25, 0.3) is 20.8 Å². The highest BCUT2D eigenvalue weighted by Gasteiger charge is 2.56. The number of Topliss-reactive ketones (excluding diaryl/α,β-unsaturated/α-hetero) is 2. The van der Waals surface area contributed by atoms with Crippen LogP contribution in [0.1, 0.15) is 105 Å². The van der Waals surface area contributed by atoms with Gasteiger partial charge >= 0.3 is 12.1 Å². The Bertz CT molecular complexity index is 2770. The number of fused-ring (bicyclic) bond motifs is 4. The zero-order valence-electron chi connectivity index (χ0n) is 48.0. The van der Waals surface area contributed by atoms with Crippen LogP contribution in [0.3, 0.4) is 0 Å². The van der Waals surface area contributed by atoms with E-state index in [1.54, 1.807) is 31.3 Å². The van der Waals surface area contributed by atoms with Crippen molar-refractivity contribution in [2.75, 3.05) is 57.7 Å². The Morgan fingerprint density at radius 1 is 0.938 bits per heavy atom. The first-order chi connectivity index (χ1) is 38.6. The number of hydrogen-bond acceptors (Lipinski definition) is 18. The van der Waals surface area contributed by atoms with Crippen LogP contribution in [0, 0.1) is 41.4 Å². The monoisotopic (exact) mass is 1140 g/mol. The zero-order valence-corrected chi connectivity index (χ0v) is 48.9. The van der Waals surface area contributed by atoms with E-state index in [4.69, 9.17) is 23.9 Å². The number of piperidine rings is 1. The molecule has 3 aliphatic heterocycles. The summed E-state index contributed by atoms with van der Waals surface area (Å²) in [6, 6.07) is 12.9. The smallest absolute Gasteiger partial charge is 0.407 e. The number of aliphatic hydroxyl groups excluding tert-OH is 2. The Balaban J connectivity index is 1.09. The largest absolute Gasteiger partial charge is 0.456 e. The Morgan fingerprint density at radius 3 is 2.37 bits per heavy atom. The Kier molecular flexibility index (Phi) is 22.0. The zero-order chi connectivity index (χ0) is 58.7. The highest BCUT2D eigenvalue weighted by molar-refractivity contribution is 7.21. The second-order valence-electron chi connectivity index (χ2n) is 23.2. The molecule has 4 heterocycles. The number of methoxy groups -OCH3 is 1. The molecule has 5 N–H and O–H groups in total. The van der Waals surface area contributed by atoms with Gasteiger partial charge in [-0.1, -0.05) is 38.5 Å². The standard InChI is InChI=1S/C61H83N5O14S/c1-35-25-36(2)27-43(33-67)55-44(34-68)29-38(4)61(76,80-55)56(72)58(73)66-23-10-9-11-48(66)59(74)79-54(37(3)28-40-12-18-49(69)52(30-40)77-8)39(5)50(70)32-51(71)42(26-35)20-24-78-60(75)63-22-21-62-45-15-19-53-47(31-45)64-57(81-53)41-13-16-46(17-14-41)65(6)7/h13-17,19,26,28,31,33-34,36,38-40,42-44,48-50,52,54-55,62,69-70,76H,9-12,18,20-25,27,29-30,32H2,1-8H3,(H,63,75)/b35-26+,37-28+/t36-,38+,39+,40-,42+,43+,44+,48-,49+,50-,52+,54+,55+,61+/m0/s1. The van der Waals surface area contributed by atoms with Gasteiger partial charge in [-0.3, -0.25) is 14.4 Å². The summed E-state index contributed by atoms with van der Waals surface area (Å²) in [6.07, 6.45) is 2.19. The molecule has 1 saturated carbocycles. The summed E-state index contributed by atoms with van der Waals surface area (Å²) in [4.78, 5) is 104. The molecule has 2 saturated heterocycles. The molecule has 3 fully saturated rings. The second-order valence-corrected chi connectivity index (χ2v) is 24.3. The molecule has 442 valence electrons. The van der Waals surface area contributed by atoms with Gasteiger partial charge in [0, 0.05) is 93.8 Å². The number of nitrogens with one attached hydrogen (secondary N) is 2. The Morgan fingerprint density at radius 2 is 1.67 bits per heavy atom. The van der Waals surface area contributed by atoms with Crippen molar-refractivity contribution in [1.29, 1.82) is 0 Å². The summed E-state index contributed by atoms with van der Waals surface area (Å²) >= 11 is 1.61. The molecule has 0 unspecified atom stereocenters. The maximum atomic E-state index is 14.6. The number of ether oxygens (including phenoxy) is 4. The summed E-state index contributed by atoms with van der Waals surface area (Å²) in [5, 5.41) is 41.7. The van der Waals surface area contributed by atoms with E-state index in [1.807, 2.05) is 57.1 Å². The molecule has 14 atom stereocenters. The fourth-order valence-corrected chi connectivity index (χ4v) is 13.0. The summed E-state index contributed by atoms with van der Waals surface area (Å²) in [6.45, 7) is 9.05. The first kappa shape index (κ1) is 62.7. The minimum Gasteiger partial charge on any atom is -0.456 e. The number of allylic oxidation sites excluding steroid dienone is 3. The van der Waals surface area contributed by atoms with E-state index in [2.05, 4.69) is 34.9 Å². The van der Waals surface area contributed by atoms with Gasteiger partial charge < -0.3 is 64.3 Å². The van der Waals surface area contributed by atoms with Crippen LogP contribution < -0.4 is 15.5 Å². The summed E-state index contributed by atoms with van der Waals surface area (Å²) in [5.41, 5.74) is 5.12. The number of aromatic nitrogens is 1. The molecule has 1 aromatic heterocycles. The van der Waals surface area contributed by atoms with Gasteiger partial charge in [0.05, 0.1) is 41.2 Å². The van der Waals surface area contributed by atoms with Crippen molar-refractivity contribution in [2.45, 2.75) is 148 Å². The van der Waals surface area contributed by atoms with Gasteiger partial charge in [0.2, 0.25) is 5.79 Å². The fourth-order valence-electron chi connectivity index (χ4n) is 12.1. The number of amides is 2. The topological polar surface area (TPSA) is 261 Å². The molecule has 4 aliphatic rings. The normalized spacial score (nSPS) is 32.1. The molecular weight excluding hydrogens is 1060 g/mol. The van der Waals surface area contributed by atoms with Crippen molar-refractivity contribution in [3.63, 3.8) is 0 Å². The summed E-state index contributed by atoms with van der Waals surface area (Å²) in [7, 11) is 5.52. The first-order valence-electron chi connectivity index (χ1n) is 28.6. The molecule has 7 rings (SSSR count). The summed E-state index contributed by atoms with van der Waals surface area (Å²) in [5.74, 6) is -11.5. The number of rotatable bonds is 14. The molecular formula is C61H83N5O14S. The molecule has 3 aromatic rings. The average molecular weight is 1140 g/mol. The molecule has 0 radical (unpaired) electrons. The molecule has 81 heavy (non-hydrogen) atoms. The number of anilines is 2. The average Bonchev–Trinajstić information content (AvgIpc) is 3.98. The highest BCUT2D eigenvalue weighted by atomic mass is 32.1. The predicted octanol–water partition coefficient (Wildman–Crippen LogP) is 7.23. The number of benzene rings is 2. The van der Waals surface area contributed by atoms with Crippen molar-refractivity contribution >= 4 is 75.0 Å². The predicted molar refractivity (Wildman–Crippen MR) is 307 cm³/mol. The molecule has 2 amide bonds. The maximum Gasteiger partial charge on any atom is 0.407 e. The van der Waals surface area contributed by atoms with E-state index in [1.165, 1.54) is 14.0 Å². The van der Waals surface area contributed by atoms with Crippen molar-refractivity contribution in [3.8, 4) is 10.6 Å². The van der Waals surface area contributed by atoms with Crippen LogP contribution in [0.15, 0.2) is 65.8 Å². The van der Waals surface area contributed by atoms with Crippen molar-refractivity contribution in [2.24, 2.45) is 41.4 Å². The molecule has 2 bridgehead atoms. The minimum atomic E-state index is -2.73. The number of aliphatic hydroxyl groups is 3. The van der Waals surface area contributed by atoms with Gasteiger partial charge in [0.15, 0.2) is 0 Å². The van der Waals surface area contributed by atoms with Gasteiger partial charge in [-0.2, -0.15) is 0 Å². The van der Waals surface area contributed by atoms with Crippen molar-refractivity contribution in [1.82, 2.24) is 15.2 Å². The van der Waals surface area contributed by atoms with E-state index in [-0.39, 0.29) is 69.4 Å². The lowest BCUT2D eigenvalue weighted by Crippen LogP contribution is -2.63. The van der Waals surface area contributed by atoms with Gasteiger partial charge in [0.1, 0.15) is 35.5 Å². The maximum absolute atomic E-state index is 14.6. The lowest BCUT2D eigenvalue weighted by atomic mass is 9.75. The van der Waals surface area contributed by atoms with Gasteiger partial charge in [-0.25, -0.2) is 14.6 Å². The lowest BCUT2D eigenvalue weighted by Gasteiger charge is -2.45. The van der Waals surface area contributed by atoms with E-state index >= 15 is 0 Å². The van der Waals surface area contributed by atoms with Crippen LogP contribution in [0.5, 0.6) is 0 Å². The quantitative estimate of drug-likeness (QED) is 0.0350. The third-order valence-electron chi connectivity index (χ3n) is 16.8. The number of ketones is 2.